The van der Waals surface area contributed by atoms with E-state index in [2.05, 4.69) is 5.32 Å². The van der Waals surface area contributed by atoms with Crippen molar-refractivity contribution in [3.05, 3.63) is 52.6 Å². The predicted octanol–water partition coefficient (Wildman–Crippen LogP) is 3.65. The third-order valence-corrected chi connectivity index (χ3v) is 6.69. The summed E-state index contributed by atoms with van der Waals surface area (Å²) in [5.41, 5.74) is -0.781. The molecule has 3 atom stereocenters. The molecule has 0 saturated carbocycles. The van der Waals surface area contributed by atoms with Crippen molar-refractivity contribution >= 4 is 23.2 Å². The Morgan fingerprint density at radius 1 is 1.27 bits per heavy atom. The Kier molecular flexibility index (Phi) is 6.16. The van der Waals surface area contributed by atoms with Crippen molar-refractivity contribution in [3.63, 3.8) is 0 Å². The number of Topliss-reactive ketones (excluding diaryl/α,β-unsaturated/α-hetero) is 1. The first-order chi connectivity index (χ1) is 15.7. The second-order valence-electron chi connectivity index (χ2n) is 8.48. The number of hydrogen-bond acceptors (Lipinski definition) is 8. The van der Waals surface area contributed by atoms with Crippen LogP contribution >= 0.6 is 11.6 Å². The lowest BCUT2D eigenvalue weighted by Crippen LogP contribution is -2.55. The standard InChI is InChI=1S/C24H27ClN2O6/c1-13-9-14(26-12-15(27(2)3)16-7-6-8-32-16)10-19(28)24(13)23(29)20-17(30-4)11-18(31-5)21(25)22(20)33-24/h6-8,10-11,13,15,26H,9,12H2,1-5H3. The van der Waals surface area contributed by atoms with E-state index in [-0.39, 0.29) is 28.1 Å². The summed E-state index contributed by atoms with van der Waals surface area (Å²) < 4.78 is 22.3. The van der Waals surface area contributed by atoms with E-state index in [1.54, 1.807) is 6.26 Å². The first-order valence-electron chi connectivity index (χ1n) is 10.6. The van der Waals surface area contributed by atoms with E-state index in [1.807, 2.05) is 38.1 Å². The Morgan fingerprint density at radius 3 is 2.58 bits per heavy atom. The normalized spacial score (nSPS) is 22.8. The zero-order valence-electron chi connectivity index (χ0n) is 19.2. The molecule has 2 heterocycles. The highest BCUT2D eigenvalue weighted by molar-refractivity contribution is 6.36. The van der Waals surface area contributed by atoms with Gasteiger partial charge in [-0.3, -0.25) is 14.5 Å². The predicted molar refractivity (Wildman–Crippen MR) is 122 cm³/mol. The first-order valence-corrected chi connectivity index (χ1v) is 11.0. The average molecular weight is 475 g/mol. The van der Waals surface area contributed by atoms with Crippen molar-refractivity contribution in [3.8, 4) is 17.2 Å². The van der Waals surface area contributed by atoms with Crippen molar-refractivity contribution in [2.24, 2.45) is 5.92 Å². The number of nitrogens with zero attached hydrogens (tertiary/aromatic N) is 1. The number of allylic oxidation sites excluding steroid dienone is 1. The largest absolute Gasteiger partial charge is 0.496 e. The minimum atomic E-state index is -1.68. The number of fused-ring (bicyclic) bond motifs is 1. The molecule has 8 nitrogen and oxygen atoms in total. The number of rotatable bonds is 7. The molecule has 1 N–H and O–H groups in total. The van der Waals surface area contributed by atoms with Gasteiger partial charge in [-0.05, 0) is 32.6 Å². The van der Waals surface area contributed by atoms with Gasteiger partial charge >= 0.3 is 0 Å². The van der Waals surface area contributed by atoms with Crippen LogP contribution < -0.4 is 19.5 Å². The molecule has 1 aromatic carbocycles. The zero-order valence-corrected chi connectivity index (χ0v) is 20.0. The van der Waals surface area contributed by atoms with Crippen LogP contribution in [0.2, 0.25) is 5.02 Å². The Bertz CT molecular complexity index is 1110. The molecule has 9 heteroatoms. The summed E-state index contributed by atoms with van der Waals surface area (Å²) in [7, 11) is 6.81. The fourth-order valence-corrected chi connectivity index (χ4v) is 4.76. The van der Waals surface area contributed by atoms with Gasteiger partial charge in [0.1, 0.15) is 27.8 Å². The highest BCUT2D eigenvalue weighted by atomic mass is 35.5. The maximum atomic E-state index is 13.5. The number of likely N-dealkylation sites (N-methyl/N-ethyl adjacent to an activating group) is 1. The van der Waals surface area contributed by atoms with Gasteiger partial charge in [0.25, 0.3) is 0 Å². The van der Waals surface area contributed by atoms with Gasteiger partial charge in [-0.25, -0.2) is 0 Å². The smallest absolute Gasteiger partial charge is 0.236 e. The second-order valence-corrected chi connectivity index (χ2v) is 8.86. The summed E-state index contributed by atoms with van der Waals surface area (Å²) in [5.74, 6) is 0.181. The van der Waals surface area contributed by atoms with E-state index < -0.39 is 23.1 Å². The Hall–Kier alpha value is -2.97. The number of ether oxygens (including phenoxy) is 3. The molecule has 2 aromatic rings. The first kappa shape index (κ1) is 23.2. The lowest BCUT2D eigenvalue weighted by molar-refractivity contribution is -0.129. The minimum Gasteiger partial charge on any atom is -0.496 e. The monoisotopic (exact) mass is 474 g/mol. The minimum absolute atomic E-state index is 0.0219. The zero-order chi connectivity index (χ0) is 23.9. The molecule has 4 rings (SSSR count). The van der Waals surface area contributed by atoms with E-state index in [0.29, 0.717) is 18.7 Å². The van der Waals surface area contributed by atoms with E-state index in [1.165, 1.54) is 26.4 Å². The van der Waals surface area contributed by atoms with E-state index in [4.69, 9.17) is 30.2 Å². The Labute approximate surface area is 197 Å². The molecule has 0 fully saturated rings. The molecular formula is C24H27ClN2O6. The van der Waals surface area contributed by atoms with Crippen LogP contribution in [0.5, 0.6) is 17.2 Å². The summed E-state index contributed by atoms with van der Waals surface area (Å²) in [5, 5.41) is 3.49. The molecule has 0 amide bonds. The highest BCUT2D eigenvalue weighted by Crippen LogP contribution is 2.52. The maximum absolute atomic E-state index is 13.5. The molecule has 33 heavy (non-hydrogen) atoms. The van der Waals surface area contributed by atoms with Gasteiger partial charge in [-0.2, -0.15) is 0 Å². The Balaban J connectivity index is 1.62. The number of ketones is 2. The van der Waals surface area contributed by atoms with Crippen molar-refractivity contribution in [2.45, 2.75) is 25.0 Å². The van der Waals surface area contributed by atoms with E-state index in [9.17, 15) is 9.59 Å². The number of halogens is 1. The van der Waals surface area contributed by atoms with Crippen molar-refractivity contribution in [1.29, 1.82) is 0 Å². The summed E-state index contributed by atoms with van der Waals surface area (Å²) in [6, 6.07) is 5.26. The summed E-state index contributed by atoms with van der Waals surface area (Å²) in [6.45, 7) is 2.36. The second kappa shape index (κ2) is 8.76. The van der Waals surface area contributed by atoms with Crippen LogP contribution in [0.25, 0.3) is 0 Å². The molecule has 1 aliphatic carbocycles. The van der Waals surface area contributed by atoms with E-state index >= 15 is 0 Å². The molecule has 0 saturated heterocycles. The third kappa shape index (κ3) is 3.67. The number of methoxy groups -OCH3 is 2. The lowest BCUT2D eigenvalue weighted by Gasteiger charge is -2.35. The highest BCUT2D eigenvalue weighted by Gasteiger charge is 2.60. The van der Waals surface area contributed by atoms with Crippen molar-refractivity contribution < 1.29 is 28.2 Å². The van der Waals surface area contributed by atoms with Gasteiger partial charge < -0.3 is 23.9 Å². The van der Waals surface area contributed by atoms with Crippen LogP contribution in [-0.4, -0.2) is 56.9 Å². The molecular weight excluding hydrogens is 448 g/mol. The molecule has 2 aliphatic rings. The third-order valence-electron chi connectivity index (χ3n) is 6.33. The van der Waals surface area contributed by atoms with Gasteiger partial charge in [-0.1, -0.05) is 18.5 Å². The summed E-state index contributed by atoms with van der Waals surface area (Å²) >= 11 is 6.43. The lowest BCUT2D eigenvalue weighted by atomic mass is 9.74. The number of furan rings is 1. The fraction of sp³-hybridized carbons (Fsp3) is 0.417. The number of hydrogen-bond donors (Lipinski definition) is 1. The SMILES string of the molecule is COc1cc(OC)c2c(c1Cl)OC1(C(=O)C=C(NCC(c3ccco3)N(C)C)CC1C)C2=O. The van der Waals surface area contributed by atoms with Crippen molar-refractivity contribution in [1.82, 2.24) is 10.2 Å². The number of nitrogens with one attached hydrogen (secondary N) is 1. The van der Waals surface area contributed by atoms with Crippen molar-refractivity contribution in [2.75, 3.05) is 34.9 Å². The molecule has 1 spiro atoms. The summed E-state index contributed by atoms with van der Waals surface area (Å²) in [6.07, 6.45) is 3.53. The molecule has 176 valence electrons. The van der Waals surface area contributed by atoms with Crippen LogP contribution in [0.3, 0.4) is 0 Å². The topological polar surface area (TPSA) is 90.2 Å². The quantitative estimate of drug-likeness (QED) is 0.608. The molecule has 0 radical (unpaired) electrons. The van der Waals surface area contributed by atoms with Gasteiger partial charge in [-0.15, -0.1) is 0 Å². The van der Waals surface area contributed by atoms with Gasteiger partial charge in [0, 0.05) is 30.3 Å². The maximum Gasteiger partial charge on any atom is 0.236 e. The molecule has 0 bridgehead atoms. The van der Waals surface area contributed by atoms with Crippen LogP contribution in [0, 0.1) is 5.92 Å². The number of carbonyl (C=O) groups is 2. The number of carbonyl (C=O) groups excluding carboxylic acids is 2. The van der Waals surface area contributed by atoms with Crippen LogP contribution in [0.4, 0.5) is 0 Å². The molecule has 1 aliphatic heterocycles. The van der Waals surface area contributed by atoms with Crippen LogP contribution in [0.15, 0.2) is 40.7 Å². The molecule has 3 unspecified atom stereocenters. The van der Waals surface area contributed by atoms with E-state index in [0.717, 1.165) is 11.5 Å². The average Bonchev–Trinajstić information content (AvgIpc) is 3.41. The Morgan fingerprint density at radius 2 is 2.00 bits per heavy atom. The fourth-order valence-electron chi connectivity index (χ4n) is 4.50. The summed E-state index contributed by atoms with van der Waals surface area (Å²) in [4.78, 5) is 29.0. The van der Waals surface area contributed by atoms with Crippen LogP contribution in [0.1, 0.15) is 35.5 Å². The van der Waals surface area contributed by atoms with Gasteiger partial charge in [0.05, 0.1) is 26.5 Å². The number of benzene rings is 1. The van der Waals surface area contributed by atoms with Gasteiger partial charge in [0.15, 0.2) is 5.75 Å². The van der Waals surface area contributed by atoms with Crippen LogP contribution in [-0.2, 0) is 4.79 Å². The van der Waals surface area contributed by atoms with Gasteiger partial charge in [0.2, 0.25) is 17.2 Å². The molecule has 1 aromatic heterocycles.